The number of carboxylic acid groups (broad SMARTS) is 1. The number of Topliss-reactive ketones (excluding diaryl/α,β-unsaturated/α-hetero) is 1. The fourth-order valence-corrected chi connectivity index (χ4v) is 6.59. The van der Waals surface area contributed by atoms with Gasteiger partial charge in [0, 0.05) is 35.6 Å². The number of phenolic OH excluding ortho intramolecular Hbond substituents is 1. The maximum atomic E-state index is 13.6. The molecule has 1 aliphatic heterocycles. The minimum Gasteiger partial charge on any atom is -0.507 e. The molecule has 1 heterocycles. The number of hydrogen-bond donors (Lipinski definition) is 2. The second-order valence-electron chi connectivity index (χ2n) is 10.6. The second kappa shape index (κ2) is 8.94. The number of carbonyl (C=O) groups is 5. The zero-order valence-electron chi connectivity index (χ0n) is 21.0. The number of amides is 2. The van der Waals surface area contributed by atoms with Gasteiger partial charge in [0.1, 0.15) is 5.75 Å². The van der Waals surface area contributed by atoms with E-state index in [1.165, 1.54) is 11.0 Å². The Morgan fingerprint density at radius 2 is 1.70 bits per heavy atom. The quantitative estimate of drug-likeness (QED) is 0.358. The smallest absolute Gasteiger partial charge is 0.303 e. The number of carbonyl (C=O) groups excluding carboxylic acids is 4. The first kappa shape index (κ1) is 24.9. The molecule has 192 valence electrons. The third-order valence-corrected chi connectivity index (χ3v) is 8.27. The molecule has 4 atom stereocenters. The van der Waals surface area contributed by atoms with Crippen LogP contribution >= 0.6 is 0 Å². The van der Waals surface area contributed by atoms with Crippen molar-refractivity contribution in [1.29, 1.82) is 0 Å². The molecule has 2 amide bonds. The molecule has 8 heteroatoms. The maximum Gasteiger partial charge on any atom is 0.303 e. The number of ketones is 2. The van der Waals surface area contributed by atoms with E-state index in [1.54, 1.807) is 20.8 Å². The lowest BCUT2D eigenvalue weighted by Gasteiger charge is -2.42. The molecule has 0 radical (unpaired) electrons. The van der Waals surface area contributed by atoms with Crippen molar-refractivity contribution in [2.45, 2.75) is 52.4 Å². The summed E-state index contributed by atoms with van der Waals surface area (Å²) >= 11 is 0. The predicted molar refractivity (Wildman–Crippen MR) is 132 cm³/mol. The van der Waals surface area contributed by atoms with Crippen molar-refractivity contribution in [3.8, 4) is 5.75 Å². The third kappa shape index (κ3) is 3.86. The molecule has 1 fully saturated rings. The Morgan fingerprint density at radius 3 is 2.35 bits per heavy atom. The Hall–Kier alpha value is -3.81. The summed E-state index contributed by atoms with van der Waals surface area (Å²) in [7, 11) is 0. The molecule has 0 spiro atoms. The van der Waals surface area contributed by atoms with Gasteiger partial charge in [-0.1, -0.05) is 23.8 Å². The molecule has 8 nitrogen and oxygen atoms in total. The Labute approximate surface area is 214 Å². The number of imide groups is 1. The van der Waals surface area contributed by atoms with Crippen LogP contribution in [-0.2, 0) is 24.0 Å². The van der Waals surface area contributed by atoms with E-state index < -0.39 is 29.6 Å². The van der Waals surface area contributed by atoms with E-state index in [0.29, 0.717) is 34.3 Å². The second-order valence-corrected chi connectivity index (χ2v) is 10.6. The van der Waals surface area contributed by atoms with Crippen LogP contribution in [-0.4, -0.2) is 51.0 Å². The molecule has 1 saturated heterocycles. The minimum atomic E-state index is -0.988. The number of fused-ring (bicyclic) bond motifs is 3. The summed E-state index contributed by atoms with van der Waals surface area (Å²) in [6, 6.07) is 3.63. The number of likely N-dealkylation sites (tertiary alicyclic amines) is 1. The van der Waals surface area contributed by atoms with Crippen LogP contribution in [0.4, 0.5) is 0 Å². The fourth-order valence-electron chi connectivity index (χ4n) is 6.59. The van der Waals surface area contributed by atoms with Gasteiger partial charge in [-0.2, -0.15) is 0 Å². The van der Waals surface area contributed by atoms with Gasteiger partial charge in [-0.05, 0) is 68.7 Å². The van der Waals surface area contributed by atoms with Gasteiger partial charge in [-0.15, -0.1) is 0 Å². The van der Waals surface area contributed by atoms with Gasteiger partial charge in [-0.25, -0.2) is 0 Å². The monoisotopic (exact) mass is 503 g/mol. The molecule has 0 unspecified atom stereocenters. The number of rotatable bonds is 5. The predicted octanol–water partition coefficient (Wildman–Crippen LogP) is 3.30. The van der Waals surface area contributed by atoms with Crippen molar-refractivity contribution in [3.05, 3.63) is 63.3 Å². The van der Waals surface area contributed by atoms with E-state index in [1.807, 2.05) is 18.2 Å². The van der Waals surface area contributed by atoms with Crippen LogP contribution in [0.1, 0.15) is 55.2 Å². The summed E-state index contributed by atoms with van der Waals surface area (Å²) in [4.78, 5) is 65.5. The molecule has 5 rings (SSSR count). The summed E-state index contributed by atoms with van der Waals surface area (Å²) in [5, 5.41) is 19.3. The van der Waals surface area contributed by atoms with E-state index in [9.17, 15) is 29.1 Å². The molecular formula is C29H29NO7. The SMILES string of the molecule is CC1=CC(=O)C2=C(C[C@@H]3C(=CC[C@@H]4C(=O)N(CCCC(=O)O)C(=O)[C@@H]43)[C@@H]2c2cc(C)c(O)c(C)c2)C1=O. The molecule has 2 N–H and O–H groups in total. The molecule has 3 aliphatic carbocycles. The number of carboxylic acids is 1. The van der Waals surface area contributed by atoms with Crippen molar-refractivity contribution in [2.24, 2.45) is 17.8 Å². The summed E-state index contributed by atoms with van der Waals surface area (Å²) in [5.74, 6) is -4.13. The van der Waals surface area contributed by atoms with Gasteiger partial charge >= 0.3 is 5.97 Å². The zero-order valence-corrected chi connectivity index (χ0v) is 21.0. The summed E-state index contributed by atoms with van der Waals surface area (Å²) < 4.78 is 0. The average Bonchev–Trinajstić information content (AvgIpc) is 3.09. The molecule has 0 bridgehead atoms. The molecule has 0 saturated carbocycles. The van der Waals surface area contributed by atoms with Crippen LogP contribution < -0.4 is 0 Å². The van der Waals surface area contributed by atoms with Crippen LogP contribution in [0.15, 0.2) is 46.6 Å². The highest BCUT2D eigenvalue weighted by Gasteiger charge is 2.56. The van der Waals surface area contributed by atoms with E-state index in [2.05, 4.69) is 0 Å². The van der Waals surface area contributed by atoms with Gasteiger partial charge in [0.05, 0.1) is 11.8 Å². The zero-order chi connectivity index (χ0) is 26.8. The normalized spacial score (nSPS) is 27.1. The largest absolute Gasteiger partial charge is 0.507 e. The first-order valence-electron chi connectivity index (χ1n) is 12.6. The Morgan fingerprint density at radius 1 is 1.03 bits per heavy atom. The van der Waals surface area contributed by atoms with Crippen LogP contribution in [0, 0.1) is 31.6 Å². The van der Waals surface area contributed by atoms with Gasteiger partial charge in [0.2, 0.25) is 11.8 Å². The number of benzene rings is 1. The lowest BCUT2D eigenvalue weighted by Crippen LogP contribution is -2.40. The standard InChI is InChI=1S/C29H29NO7/c1-13-9-16(10-14(2)26(13)34)23-17-6-7-18-24(29(37)30(28(18)36)8-4-5-22(32)33)19(17)12-20-25(23)21(31)11-15(3)27(20)35/h6,9-11,18-19,23-24,34H,4-5,7-8,12H2,1-3H3,(H,32,33)/t18-,19+,23-,24-/m0/s1. The summed E-state index contributed by atoms with van der Waals surface area (Å²) in [5.41, 5.74) is 4.07. The highest BCUT2D eigenvalue weighted by atomic mass is 16.4. The van der Waals surface area contributed by atoms with E-state index in [-0.39, 0.29) is 54.9 Å². The number of allylic oxidation sites excluding steroid dienone is 6. The summed E-state index contributed by atoms with van der Waals surface area (Å²) in [6.07, 6.45) is 3.90. The Kier molecular flexibility index (Phi) is 6.01. The highest BCUT2D eigenvalue weighted by molar-refractivity contribution is 6.23. The first-order chi connectivity index (χ1) is 17.5. The van der Waals surface area contributed by atoms with E-state index in [0.717, 1.165) is 11.1 Å². The van der Waals surface area contributed by atoms with E-state index in [4.69, 9.17) is 5.11 Å². The number of phenols is 1. The molecule has 1 aromatic rings. The number of aryl methyl sites for hydroxylation is 2. The molecule has 1 aromatic carbocycles. The maximum absolute atomic E-state index is 13.6. The van der Waals surface area contributed by atoms with Crippen molar-refractivity contribution >= 4 is 29.4 Å². The fraction of sp³-hybridized carbons (Fsp3) is 0.414. The van der Waals surface area contributed by atoms with Crippen LogP contribution in [0.3, 0.4) is 0 Å². The number of aliphatic carboxylic acids is 1. The lowest BCUT2D eigenvalue weighted by atomic mass is 9.59. The van der Waals surface area contributed by atoms with Gasteiger partial charge in [-0.3, -0.25) is 28.9 Å². The van der Waals surface area contributed by atoms with Crippen LogP contribution in [0.5, 0.6) is 5.75 Å². The molecular weight excluding hydrogens is 474 g/mol. The van der Waals surface area contributed by atoms with Gasteiger partial charge in [0.15, 0.2) is 11.6 Å². The Balaban J connectivity index is 1.60. The number of aromatic hydroxyl groups is 1. The molecule has 0 aromatic heterocycles. The average molecular weight is 504 g/mol. The molecule has 4 aliphatic rings. The number of nitrogens with zero attached hydrogens (tertiary/aromatic N) is 1. The van der Waals surface area contributed by atoms with Crippen molar-refractivity contribution in [1.82, 2.24) is 4.90 Å². The minimum absolute atomic E-state index is 0.0476. The van der Waals surface area contributed by atoms with Crippen LogP contribution in [0.25, 0.3) is 0 Å². The third-order valence-electron chi connectivity index (χ3n) is 8.27. The van der Waals surface area contributed by atoms with Gasteiger partial charge < -0.3 is 10.2 Å². The van der Waals surface area contributed by atoms with Crippen LogP contribution in [0.2, 0.25) is 0 Å². The van der Waals surface area contributed by atoms with Crippen molar-refractivity contribution in [3.63, 3.8) is 0 Å². The van der Waals surface area contributed by atoms with Crippen molar-refractivity contribution < 1.29 is 34.2 Å². The first-order valence-corrected chi connectivity index (χ1v) is 12.6. The summed E-state index contributed by atoms with van der Waals surface area (Å²) in [6.45, 7) is 5.21. The van der Waals surface area contributed by atoms with Gasteiger partial charge in [0.25, 0.3) is 0 Å². The van der Waals surface area contributed by atoms with E-state index >= 15 is 0 Å². The Bertz CT molecular complexity index is 1360. The molecule has 37 heavy (non-hydrogen) atoms. The topological polar surface area (TPSA) is 129 Å². The highest BCUT2D eigenvalue weighted by Crippen LogP contribution is 2.55. The lowest BCUT2D eigenvalue weighted by molar-refractivity contribution is -0.142. The number of hydrogen-bond acceptors (Lipinski definition) is 6. The van der Waals surface area contributed by atoms with Crippen molar-refractivity contribution in [2.75, 3.05) is 6.54 Å².